The monoisotopic (exact) mass is 469 g/mol. The molecule has 34 heavy (non-hydrogen) atoms. The third kappa shape index (κ3) is 5.60. The van der Waals surface area contributed by atoms with E-state index in [4.69, 9.17) is 4.98 Å². The van der Waals surface area contributed by atoms with Crippen molar-refractivity contribution in [1.82, 2.24) is 9.97 Å². The molecule has 0 radical (unpaired) electrons. The Morgan fingerprint density at radius 2 is 1.38 bits per heavy atom. The Bertz CT molecular complexity index is 1190. The van der Waals surface area contributed by atoms with Gasteiger partial charge in [-0.25, -0.2) is 4.98 Å². The van der Waals surface area contributed by atoms with Gasteiger partial charge in [0, 0.05) is 16.8 Å². The molecule has 1 amide bonds. The van der Waals surface area contributed by atoms with Crippen LogP contribution in [0.3, 0.4) is 0 Å². The maximum atomic E-state index is 12.9. The quantitative estimate of drug-likeness (QED) is 0.274. The SMILES string of the molecule is Cc1ccc(-c2nc(SC(C)C(=O)Nc3ccc(C(C)C)cc3)[nH]c2-c2ccc(C)cc2)cc1. The van der Waals surface area contributed by atoms with Crippen LogP contribution in [0, 0.1) is 13.8 Å². The van der Waals surface area contributed by atoms with Gasteiger partial charge in [-0.1, -0.05) is 97.4 Å². The molecule has 4 aromatic rings. The van der Waals surface area contributed by atoms with Crippen LogP contribution in [0.25, 0.3) is 22.5 Å². The van der Waals surface area contributed by atoms with Crippen LogP contribution < -0.4 is 5.32 Å². The summed E-state index contributed by atoms with van der Waals surface area (Å²) in [6.45, 7) is 10.4. The van der Waals surface area contributed by atoms with Gasteiger partial charge in [-0.2, -0.15) is 0 Å². The van der Waals surface area contributed by atoms with Crippen LogP contribution in [-0.4, -0.2) is 21.1 Å². The Morgan fingerprint density at radius 3 is 1.94 bits per heavy atom. The molecule has 1 atom stereocenters. The van der Waals surface area contributed by atoms with Gasteiger partial charge in [-0.05, 0) is 44.4 Å². The van der Waals surface area contributed by atoms with E-state index in [1.54, 1.807) is 0 Å². The summed E-state index contributed by atoms with van der Waals surface area (Å²) in [5, 5.41) is 3.44. The maximum Gasteiger partial charge on any atom is 0.237 e. The molecular weight excluding hydrogens is 438 g/mol. The number of thioether (sulfide) groups is 1. The number of aryl methyl sites for hydroxylation is 2. The van der Waals surface area contributed by atoms with Gasteiger partial charge in [0.1, 0.15) is 0 Å². The molecule has 0 aliphatic rings. The number of aromatic amines is 1. The lowest BCUT2D eigenvalue weighted by Crippen LogP contribution is -2.22. The summed E-state index contributed by atoms with van der Waals surface area (Å²) >= 11 is 1.43. The first-order valence-electron chi connectivity index (χ1n) is 11.6. The van der Waals surface area contributed by atoms with Crippen LogP contribution in [0.15, 0.2) is 78.0 Å². The van der Waals surface area contributed by atoms with Crippen LogP contribution in [0.4, 0.5) is 5.69 Å². The average molecular weight is 470 g/mol. The van der Waals surface area contributed by atoms with E-state index in [0.717, 1.165) is 33.4 Å². The Balaban J connectivity index is 1.56. The second-order valence-corrected chi connectivity index (χ2v) is 10.4. The van der Waals surface area contributed by atoms with E-state index in [2.05, 4.69) is 98.7 Å². The van der Waals surface area contributed by atoms with Gasteiger partial charge in [0.15, 0.2) is 5.16 Å². The van der Waals surface area contributed by atoms with Crippen molar-refractivity contribution in [2.75, 3.05) is 5.32 Å². The fourth-order valence-electron chi connectivity index (χ4n) is 3.67. The van der Waals surface area contributed by atoms with Crippen molar-refractivity contribution in [2.24, 2.45) is 0 Å². The molecule has 0 fully saturated rings. The first-order chi connectivity index (χ1) is 16.3. The standard InChI is InChI=1S/C29H31N3OS/c1-18(2)22-14-16-25(17-15-22)30-28(33)21(5)34-29-31-26(23-10-6-19(3)7-11-23)27(32-29)24-12-8-20(4)9-13-24/h6-18,21H,1-5H3,(H,30,33)(H,31,32). The number of hydrogen-bond acceptors (Lipinski definition) is 3. The van der Waals surface area contributed by atoms with E-state index in [1.807, 2.05) is 19.1 Å². The van der Waals surface area contributed by atoms with Gasteiger partial charge in [0.25, 0.3) is 0 Å². The number of carbonyl (C=O) groups excluding carboxylic acids is 1. The molecule has 1 heterocycles. The van der Waals surface area contributed by atoms with Gasteiger partial charge >= 0.3 is 0 Å². The Labute approximate surface area is 206 Å². The highest BCUT2D eigenvalue weighted by molar-refractivity contribution is 8.00. The molecule has 0 saturated heterocycles. The zero-order valence-electron chi connectivity index (χ0n) is 20.3. The molecular formula is C29H31N3OS. The van der Waals surface area contributed by atoms with E-state index in [0.29, 0.717) is 5.92 Å². The Morgan fingerprint density at radius 1 is 0.824 bits per heavy atom. The van der Waals surface area contributed by atoms with Crippen LogP contribution in [0.2, 0.25) is 0 Å². The van der Waals surface area contributed by atoms with Crippen LogP contribution >= 0.6 is 11.8 Å². The van der Waals surface area contributed by atoms with Crippen molar-refractivity contribution in [3.05, 3.63) is 89.5 Å². The Kier molecular flexibility index (Phi) is 7.23. The second-order valence-electron chi connectivity index (χ2n) is 9.02. The lowest BCUT2D eigenvalue weighted by molar-refractivity contribution is -0.115. The van der Waals surface area contributed by atoms with Gasteiger partial charge in [0.05, 0.1) is 16.6 Å². The third-order valence-electron chi connectivity index (χ3n) is 5.85. The number of imidazole rings is 1. The number of aromatic nitrogens is 2. The van der Waals surface area contributed by atoms with Crippen molar-refractivity contribution < 1.29 is 4.79 Å². The molecule has 174 valence electrons. The fraction of sp³-hybridized carbons (Fsp3) is 0.241. The highest BCUT2D eigenvalue weighted by Crippen LogP contribution is 2.34. The molecule has 0 spiro atoms. The number of amides is 1. The largest absolute Gasteiger partial charge is 0.332 e. The minimum Gasteiger partial charge on any atom is -0.332 e. The minimum absolute atomic E-state index is 0.0486. The zero-order chi connectivity index (χ0) is 24.2. The van der Waals surface area contributed by atoms with Gasteiger partial charge in [0.2, 0.25) is 5.91 Å². The summed E-state index contributed by atoms with van der Waals surface area (Å²) in [4.78, 5) is 21.2. The number of H-pyrrole nitrogens is 1. The topological polar surface area (TPSA) is 57.8 Å². The van der Waals surface area contributed by atoms with Crippen LogP contribution in [0.5, 0.6) is 0 Å². The number of benzene rings is 3. The summed E-state index contributed by atoms with van der Waals surface area (Å²) in [7, 11) is 0. The van der Waals surface area contributed by atoms with Crippen molar-refractivity contribution in [1.29, 1.82) is 0 Å². The number of rotatable bonds is 7. The average Bonchev–Trinajstić information content (AvgIpc) is 3.24. The zero-order valence-corrected chi connectivity index (χ0v) is 21.2. The highest BCUT2D eigenvalue weighted by atomic mass is 32.2. The molecule has 0 bridgehead atoms. The summed E-state index contributed by atoms with van der Waals surface area (Å²) in [5.41, 5.74) is 8.45. The summed E-state index contributed by atoms with van der Waals surface area (Å²) in [6.07, 6.45) is 0. The molecule has 5 heteroatoms. The van der Waals surface area contributed by atoms with Crippen molar-refractivity contribution in [3.63, 3.8) is 0 Å². The normalized spacial score (nSPS) is 12.1. The number of carbonyl (C=O) groups is 1. The molecule has 4 nitrogen and oxygen atoms in total. The Hall–Kier alpha value is -3.31. The lowest BCUT2D eigenvalue weighted by atomic mass is 10.0. The smallest absolute Gasteiger partial charge is 0.237 e. The highest BCUT2D eigenvalue weighted by Gasteiger charge is 2.20. The van der Waals surface area contributed by atoms with Crippen LogP contribution in [0.1, 0.15) is 43.4 Å². The number of anilines is 1. The van der Waals surface area contributed by atoms with Crippen molar-refractivity contribution >= 4 is 23.4 Å². The first-order valence-corrected chi connectivity index (χ1v) is 12.5. The van der Waals surface area contributed by atoms with E-state index >= 15 is 0 Å². The minimum atomic E-state index is -0.312. The number of nitrogens with one attached hydrogen (secondary N) is 2. The number of hydrogen-bond donors (Lipinski definition) is 2. The molecule has 0 saturated carbocycles. The maximum absolute atomic E-state index is 12.9. The van der Waals surface area contributed by atoms with E-state index in [9.17, 15) is 4.79 Å². The summed E-state index contributed by atoms with van der Waals surface area (Å²) < 4.78 is 0. The van der Waals surface area contributed by atoms with E-state index < -0.39 is 0 Å². The molecule has 3 aromatic carbocycles. The summed E-state index contributed by atoms with van der Waals surface area (Å²) in [6, 6.07) is 24.8. The van der Waals surface area contributed by atoms with Crippen LogP contribution in [-0.2, 0) is 4.79 Å². The molecule has 0 aliphatic carbocycles. The predicted molar refractivity (Wildman–Crippen MR) is 143 cm³/mol. The van der Waals surface area contributed by atoms with Gasteiger partial charge in [-0.15, -0.1) is 0 Å². The molecule has 1 unspecified atom stereocenters. The molecule has 4 rings (SSSR count). The lowest BCUT2D eigenvalue weighted by Gasteiger charge is -2.12. The fourth-order valence-corrected chi connectivity index (χ4v) is 4.48. The van der Waals surface area contributed by atoms with Gasteiger partial charge < -0.3 is 10.3 Å². The first kappa shape index (κ1) is 23.8. The second kappa shape index (κ2) is 10.3. The van der Waals surface area contributed by atoms with Gasteiger partial charge in [-0.3, -0.25) is 4.79 Å². The van der Waals surface area contributed by atoms with E-state index in [-0.39, 0.29) is 11.2 Å². The summed E-state index contributed by atoms with van der Waals surface area (Å²) in [5.74, 6) is 0.413. The number of nitrogens with zero attached hydrogens (tertiary/aromatic N) is 1. The predicted octanol–water partition coefficient (Wildman–Crippen LogP) is 7.60. The molecule has 2 N–H and O–H groups in total. The van der Waals surface area contributed by atoms with Crippen molar-refractivity contribution in [3.8, 4) is 22.5 Å². The third-order valence-corrected chi connectivity index (χ3v) is 6.83. The van der Waals surface area contributed by atoms with Crippen molar-refractivity contribution in [2.45, 2.75) is 50.9 Å². The molecule has 1 aromatic heterocycles. The van der Waals surface area contributed by atoms with E-state index in [1.165, 1.54) is 28.5 Å². The molecule has 0 aliphatic heterocycles.